The average Bonchev–Trinajstić information content (AvgIpc) is 3.01. The molecule has 1 aliphatic carbocycles. The van der Waals surface area contributed by atoms with Crippen molar-refractivity contribution in [2.24, 2.45) is 5.92 Å². The molecule has 2 atom stereocenters. The van der Waals surface area contributed by atoms with E-state index >= 15 is 0 Å². The van der Waals surface area contributed by atoms with Crippen molar-refractivity contribution in [3.05, 3.63) is 4.88 Å². The minimum atomic E-state index is -0.295. The lowest BCUT2D eigenvalue weighted by Crippen LogP contribution is -2.32. The van der Waals surface area contributed by atoms with Crippen molar-refractivity contribution in [1.29, 1.82) is 0 Å². The first-order valence-electron chi connectivity index (χ1n) is 6.96. The van der Waals surface area contributed by atoms with E-state index in [0.29, 0.717) is 11.4 Å². The number of aromatic nitrogens is 1. The maximum absolute atomic E-state index is 12.1. The number of aliphatic hydroxyl groups is 1. The Morgan fingerprint density at radius 2 is 2.35 bits per heavy atom. The van der Waals surface area contributed by atoms with Crippen LogP contribution in [0.2, 0.25) is 0 Å². The second-order valence-corrected chi connectivity index (χ2v) is 6.17. The highest BCUT2D eigenvalue weighted by atomic mass is 32.1. The molecule has 0 bridgehead atoms. The maximum Gasteiger partial charge on any atom is 0.265 e. The number of nitrogens with zero attached hydrogens (tertiary/aromatic N) is 2. The molecular weight excluding hydrogens is 276 g/mol. The summed E-state index contributed by atoms with van der Waals surface area (Å²) in [6.45, 7) is 3.32. The van der Waals surface area contributed by atoms with Crippen molar-refractivity contribution in [3.63, 3.8) is 0 Å². The zero-order chi connectivity index (χ0) is 14.7. The lowest BCUT2D eigenvalue weighted by Gasteiger charge is -2.14. The topological polar surface area (TPSA) is 91.5 Å². The van der Waals surface area contributed by atoms with Crippen LogP contribution in [0, 0.1) is 5.92 Å². The Morgan fingerprint density at radius 1 is 1.60 bits per heavy atom. The van der Waals surface area contributed by atoms with Crippen LogP contribution in [0.15, 0.2) is 0 Å². The summed E-state index contributed by atoms with van der Waals surface area (Å²) >= 11 is 1.30. The van der Waals surface area contributed by atoms with E-state index in [4.69, 9.17) is 5.73 Å². The van der Waals surface area contributed by atoms with Gasteiger partial charge in [0.1, 0.15) is 10.7 Å². The van der Waals surface area contributed by atoms with Gasteiger partial charge >= 0.3 is 0 Å². The van der Waals surface area contributed by atoms with E-state index in [1.807, 2.05) is 18.9 Å². The molecule has 20 heavy (non-hydrogen) atoms. The van der Waals surface area contributed by atoms with E-state index < -0.39 is 0 Å². The Bertz CT molecular complexity index is 477. The van der Waals surface area contributed by atoms with Gasteiger partial charge in [-0.1, -0.05) is 17.8 Å². The largest absolute Gasteiger partial charge is 0.393 e. The molecule has 1 aliphatic rings. The van der Waals surface area contributed by atoms with Gasteiger partial charge in [0.05, 0.1) is 6.10 Å². The van der Waals surface area contributed by atoms with E-state index in [2.05, 4.69) is 10.3 Å². The number of aliphatic hydroxyl groups excluding tert-OH is 1. The van der Waals surface area contributed by atoms with Crippen molar-refractivity contribution in [2.75, 3.05) is 30.8 Å². The predicted octanol–water partition coefficient (Wildman–Crippen LogP) is 1.07. The van der Waals surface area contributed by atoms with Gasteiger partial charge in [0, 0.05) is 26.1 Å². The molecular formula is C13H22N4O2S. The number of anilines is 2. The van der Waals surface area contributed by atoms with Crippen LogP contribution in [0.1, 0.15) is 35.9 Å². The Hall–Kier alpha value is -1.34. The monoisotopic (exact) mass is 298 g/mol. The fraction of sp³-hybridized carbons (Fsp3) is 0.692. The number of thiazole rings is 1. The summed E-state index contributed by atoms with van der Waals surface area (Å²) in [6.07, 6.45) is 2.52. The Balaban J connectivity index is 1.96. The molecule has 1 amide bonds. The Morgan fingerprint density at radius 3 is 2.95 bits per heavy atom. The molecule has 1 heterocycles. The zero-order valence-corrected chi connectivity index (χ0v) is 12.7. The number of carbonyl (C=O) groups excluding carboxylic acids is 1. The first-order chi connectivity index (χ1) is 9.52. The van der Waals surface area contributed by atoms with Crippen molar-refractivity contribution < 1.29 is 9.90 Å². The number of nitrogen functional groups attached to an aromatic ring is 1. The smallest absolute Gasteiger partial charge is 0.265 e. The Labute approximate surface area is 123 Å². The molecule has 6 nitrogen and oxygen atoms in total. The van der Waals surface area contributed by atoms with Gasteiger partial charge in [-0.25, -0.2) is 4.98 Å². The standard InChI is InChI=1S/C13H22N4O2S/c1-3-17(2)13-16-11(14)10(20-13)12(19)15-7-8-5-4-6-9(8)18/h8-9,18H,3-7,14H2,1-2H3,(H,15,19). The molecule has 0 aliphatic heterocycles. The fourth-order valence-corrected chi connectivity index (χ4v) is 3.27. The molecule has 0 spiro atoms. The molecule has 0 saturated heterocycles. The van der Waals surface area contributed by atoms with Gasteiger partial charge in [-0.05, 0) is 19.8 Å². The number of amides is 1. The third-order valence-corrected chi connectivity index (χ3v) is 4.98. The molecule has 1 saturated carbocycles. The highest BCUT2D eigenvalue weighted by molar-refractivity contribution is 7.18. The number of nitrogens with one attached hydrogen (secondary N) is 1. The van der Waals surface area contributed by atoms with Crippen molar-refractivity contribution in [3.8, 4) is 0 Å². The summed E-state index contributed by atoms with van der Waals surface area (Å²) < 4.78 is 0. The maximum atomic E-state index is 12.1. The molecule has 0 aromatic carbocycles. The SMILES string of the molecule is CCN(C)c1nc(N)c(C(=O)NCC2CCCC2O)s1. The van der Waals surface area contributed by atoms with Gasteiger partial charge in [-0.2, -0.15) is 0 Å². The first kappa shape index (κ1) is 15.1. The zero-order valence-electron chi connectivity index (χ0n) is 11.9. The highest BCUT2D eigenvalue weighted by Gasteiger charge is 2.26. The summed E-state index contributed by atoms with van der Waals surface area (Å²) in [6, 6.07) is 0. The molecule has 1 aromatic rings. The Kier molecular flexibility index (Phi) is 4.82. The molecule has 112 valence electrons. The molecule has 1 aromatic heterocycles. The molecule has 7 heteroatoms. The minimum Gasteiger partial charge on any atom is -0.393 e. The van der Waals surface area contributed by atoms with Crippen molar-refractivity contribution >= 4 is 28.2 Å². The number of nitrogens with two attached hydrogens (primary N) is 1. The van der Waals surface area contributed by atoms with E-state index in [9.17, 15) is 9.90 Å². The molecule has 1 fully saturated rings. The van der Waals surface area contributed by atoms with Crippen LogP contribution in [-0.4, -0.2) is 42.2 Å². The first-order valence-corrected chi connectivity index (χ1v) is 7.78. The number of rotatable bonds is 5. The summed E-state index contributed by atoms with van der Waals surface area (Å²) in [5.74, 6) is 0.232. The van der Waals surface area contributed by atoms with Crippen LogP contribution in [0.3, 0.4) is 0 Å². The summed E-state index contributed by atoms with van der Waals surface area (Å²) in [5.41, 5.74) is 5.81. The minimum absolute atomic E-state index is 0.158. The van der Waals surface area contributed by atoms with Crippen molar-refractivity contribution in [2.45, 2.75) is 32.3 Å². The van der Waals surface area contributed by atoms with Crippen molar-refractivity contribution in [1.82, 2.24) is 10.3 Å². The normalized spacial score (nSPS) is 21.9. The van der Waals surface area contributed by atoms with Gasteiger partial charge < -0.3 is 21.1 Å². The van der Waals surface area contributed by atoms with Crippen LogP contribution >= 0.6 is 11.3 Å². The molecule has 0 radical (unpaired) electrons. The fourth-order valence-electron chi connectivity index (χ4n) is 2.34. The highest BCUT2D eigenvalue weighted by Crippen LogP contribution is 2.28. The van der Waals surface area contributed by atoms with Gasteiger partial charge in [0.25, 0.3) is 5.91 Å². The van der Waals surface area contributed by atoms with Crippen LogP contribution in [0.5, 0.6) is 0 Å². The van der Waals surface area contributed by atoms with Crippen LogP contribution in [0.4, 0.5) is 10.9 Å². The number of hydrogen-bond acceptors (Lipinski definition) is 6. The summed E-state index contributed by atoms with van der Waals surface area (Å²) in [7, 11) is 1.91. The van der Waals surface area contributed by atoms with Gasteiger partial charge in [-0.3, -0.25) is 4.79 Å². The average molecular weight is 298 g/mol. The summed E-state index contributed by atoms with van der Waals surface area (Å²) in [5, 5.41) is 13.3. The van der Waals surface area contributed by atoms with E-state index in [-0.39, 0.29) is 23.7 Å². The van der Waals surface area contributed by atoms with Crippen LogP contribution in [-0.2, 0) is 0 Å². The lowest BCUT2D eigenvalue weighted by molar-refractivity contribution is 0.0921. The summed E-state index contributed by atoms with van der Waals surface area (Å²) in [4.78, 5) is 18.7. The van der Waals surface area contributed by atoms with Gasteiger partial charge in [0.2, 0.25) is 0 Å². The number of carbonyl (C=O) groups is 1. The molecule has 2 unspecified atom stereocenters. The second-order valence-electron chi connectivity index (χ2n) is 5.19. The lowest BCUT2D eigenvalue weighted by atomic mass is 10.1. The second kappa shape index (κ2) is 6.41. The molecule has 4 N–H and O–H groups in total. The van der Waals surface area contributed by atoms with Crippen LogP contribution in [0.25, 0.3) is 0 Å². The van der Waals surface area contributed by atoms with E-state index in [1.54, 1.807) is 0 Å². The predicted molar refractivity (Wildman–Crippen MR) is 81.2 cm³/mol. The van der Waals surface area contributed by atoms with Gasteiger partial charge in [0.15, 0.2) is 5.13 Å². The van der Waals surface area contributed by atoms with Gasteiger partial charge in [-0.15, -0.1) is 0 Å². The van der Waals surface area contributed by atoms with E-state index in [1.165, 1.54) is 11.3 Å². The molecule has 2 rings (SSSR count). The third-order valence-electron chi connectivity index (χ3n) is 3.79. The van der Waals surface area contributed by atoms with E-state index in [0.717, 1.165) is 30.9 Å². The third kappa shape index (κ3) is 3.21. The number of hydrogen-bond donors (Lipinski definition) is 3. The quantitative estimate of drug-likeness (QED) is 0.756. The van der Waals surface area contributed by atoms with Crippen LogP contribution < -0.4 is 16.0 Å².